The molecule has 0 radical (unpaired) electrons. The number of hydrogen-bond donors (Lipinski definition) is 2. The fourth-order valence-electron chi connectivity index (χ4n) is 7.17. The molecular weight excluding hydrogens is 826 g/mol. The first-order valence-electron chi connectivity index (χ1n) is 19.9. The van der Waals surface area contributed by atoms with E-state index in [4.69, 9.17) is 34.2 Å². The van der Waals surface area contributed by atoms with Crippen LogP contribution in [0.2, 0.25) is 0 Å². The number of aldehydes is 1. The zero-order chi connectivity index (χ0) is 45.5. The number of ether oxygens (including phenoxy) is 5. The number of benzene rings is 4. The van der Waals surface area contributed by atoms with Gasteiger partial charge in [0.25, 0.3) is 11.8 Å². The van der Waals surface area contributed by atoms with Crippen LogP contribution in [0.15, 0.2) is 82.8 Å². The number of rotatable bonds is 9. The van der Waals surface area contributed by atoms with Gasteiger partial charge >= 0.3 is 12.3 Å². The minimum Gasteiger partial charge on any atom is -0.493 e. The maximum Gasteiger partial charge on any atom is 0.446 e. The monoisotopic (exact) mass is 872 g/mol. The highest BCUT2D eigenvalue weighted by Crippen LogP contribution is 2.42. The Balaban J connectivity index is 0.000000190. The summed E-state index contributed by atoms with van der Waals surface area (Å²) in [4.78, 5) is 59.8. The third-order valence-electron chi connectivity index (χ3n) is 9.79. The Bertz CT molecular complexity index is 2420. The van der Waals surface area contributed by atoms with Crippen molar-refractivity contribution in [1.82, 2.24) is 5.32 Å². The molecule has 63 heavy (non-hydrogen) atoms. The summed E-state index contributed by atoms with van der Waals surface area (Å²) in [6, 6.07) is 22.5. The molecule has 0 unspecified atom stereocenters. The highest BCUT2D eigenvalue weighted by Gasteiger charge is 2.38. The van der Waals surface area contributed by atoms with Gasteiger partial charge < -0.3 is 34.7 Å². The lowest BCUT2D eigenvalue weighted by Gasteiger charge is -2.22. The number of alkyl carbamates (subject to hydrolysis) is 1. The lowest BCUT2D eigenvalue weighted by Crippen LogP contribution is -2.37. The van der Waals surface area contributed by atoms with Gasteiger partial charge in [0.1, 0.15) is 18.8 Å². The molecule has 3 amide bonds. The molecule has 2 atom stereocenters. The number of nitrogens with one attached hydrogen (secondary N) is 1. The summed E-state index contributed by atoms with van der Waals surface area (Å²) in [5.74, 6) is 1.72. The minimum atomic E-state index is -4.64. The quantitative estimate of drug-likeness (QED) is 0.132. The Morgan fingerprint density at radius 1 is 0.762 bits per heavy atom. The minimum absolute atomic E-state index is 0.0725. The van der Waals surface area contributed by atoms with Crippen LogP contribution in [0.4, 0.5) is 40.7 Å². The van der Waals surface area contributed by atoms with Crippen LogP contribution in [0.3, 0.4) is 0 Å². The Morgan fingerprint density at radius 2 is 1.21 bits per heavy atom. The number of carbonyl (C=O) groups is 4. The summed E-state index contributed by atoms with van der Waals surface area (Å²) in [6.07, 6.45) is -1.06. The molecule has 332 valence electrons. The fraction of sp³-hybridized carbons (Fsp3) is 0.333. The van der Waals surface area contributed by atoms with Crippen molar-refractivity contribution < 1.29 is 56.0 Å². The number of amides is 3. The molecule has 0 aliphatic carbocycles. The molecule has 0 spiro atoms. The summed E-state index contributed by atoms with van der Waals surface area (Å²) in [5.41, 5.74) is 11.2. The second-order valence-electron chi connectivity index (χ2n) is 15.3. The predicted molar refractivity (Wildman–Crippen MR) is 230 cm³/mol. The van der Waals surface area contributed by atoms with Crippen LogP contribution in [0.1, 0.15) is 52.6 Å². The Labute approximate surface area is 361 Å². The van der Waals surface area contributed by atoms with Gasteiger partial charge in [-0.1, -0.05) is 36.4 Å². The van der Waals surface area contributed by atoms with Crippen LogP contribution in [0.25, 0.3) is 0 Å². The number of halogens is 3. The molecule has 3 N–H and O–H groups in total. The van der Waals surface area contributed by atoms with E-state index in [0.29, 0.717) is 58.7 Å². The fourth-order valence-corrected chi connectivity index (χ4v) is 7.17. The first kappa shape index (κ1) is 45.6. The van der Waals surface area contributed by atoms with E-state index in [1.165, 1.54) is 7.11 Å². The van der Waals surface area contributed by atoms with Crippen molar-refractivity contribution in [2.45, 2.75) is 57.5 Å². The molecule has 4 aliphatic rings. The molecule has 18 heteroatoms. The molecule has 8 rings (SSSR count). The molecule has 4 aromatic rings. The van der Waals surface area contributed by atoms with Gasteiger partial charge in [0, 0.05) is 55.3 Å². The average Bonchev–Trinajstić information content (AvgIpc) is 3.74. The molecular formula is C45H47F3N6O9. The molecule has 0 saturated carbocycles. The normalized spacial score (nSPS) is 16.5. The second-order valence-corrected chi connectivity index (χ2v) is 15.3. The molecule has 15 nitrogen and oxygen atoms in total. The highest BCUT2D eigenvalue weighted by atomic mass is 19.4. The van der Waals surface area contributed by atoms with Gasteiger partial charge in [0.05, 0.1) is 55.3 Å². The molecule has 0 bridgehead atoms. The van der Waals surface area contributed by atoms with Crippen LogP contribution < -0.4 is 39.8 Å². The number of hydrogen-bond acceptors (Lipinski definition) is 12. The second kappa shape index (κ2) is 19.4. The number of fused-ring (bicyclic) bond motifs is 8. The van der Waals surface area contributed by atoms with E-state index < -0.39 is 24.2 Å². The summed E-state index contributed by atoms with van der Waals surface area (Å²) >= 11 is 0. The zero-order valence-electron chi connectivity index (χ0n) is 35.2. The maximum atomic E-state index is 13.4. The van der Waals surface area contributed by atoms with Crippen molar-refractivity contribution in [2.75, 3.05) is 50.3 Å². The van der Waals surface area contributed by atoms with E-state index in [-0.39, 0.29) is 37.0 Å². The number of methoxy groups -OCH3 is 2. The van der Waals surface area contributed by atoms with Gasteiger partial charge in [0.15, 0.2) is 23.0 Å². The first-order valence-corrected chi connectivity index (χ1v) is 19.9. The van der Waals surface area contributed by atoms with Gasteiger partial charge in [-0.3, -0.25) is 34.2 Å². The number of alkyl halides is 3. The summed E-state index contributed by atoms with van der Waals surface area (Å²) in [7, 11) is 3.07. The molecule has 4 heterocycles. The smallest absolute Gasteiger partial charge is 0.446 e. The van der Waals surface area contributed by atoms with Crippen molar-refractivity contribution in [3.8, 4) is 23.0 Å². The molecule has 0 aromatic heterocycles. The number of aliphatic imine (C=N–C) groups is 2. The van der Waals surface area contributed by atoms with Gasteiger partial charge in [-0.25, -0.2) is 4.79 Å². The number of nitrogens with zero attached hydrogens (tertiary/aromatic N) is 4. The largest absolute Gasteiger partial charge is 0.493 e. The van der Waals surface area contributed by atoms with E-state index in [2.05, 4.69) is 21.4 Å². The molecule has 4 aliphatic heterocycles. The third kappa shape index (κ3) is 10.7. The Kier molecular flexibility index (Phi) is 14.0. The number of nitrogens with two attached hydrogens (primary N) is 1. The Hall–Kier alpha value is -6.95. The van der Waals surface area contributed by atoms with Gasteiger partial charge in [-0.2, -0.15) is 13.2 Å². The van der Waals surface area contributed by atoms with Crippen molar-refractivity contribution in [2.24, 2.45) is 15.7 Å². The van der Waals surface area contributed by atoms with Gasteiger partial charge in [-0.05, 0) is 56.2 Å². The van der Waals surface area contributed by atoms with Crippen molar-refractivity contribution >= 4 is 59.4 Å². The number of carbonyl (C=O) groups excluding carboxylic acids is 4. The van der Waals surface area contributed by atoms with Crippen LogP contribution >= 0.6 is 0 Å². The summed E-state index contributed by atoms with van der Waals surface area (Å²) in [5, 5.41) is 2.65. The Morgan fingerprint density at radius 3 is 1.62 bits per heavy atom. The van der Waals surface area contributed by atoms with Crippen LogP contribution in [0, 0.1) is 0 Å². The highest BCUT2D eigenvalue weighted by molar-refractivity contribution is 6.15. The van der Waals surface area contributed by atoms with Crippen molar-refractivity contribution in [3.05, 3.63) is 95.1 Å². The molecule has 0 fully saturated rings. The maximum absolute atomic E-state index is 13.4. The van der Waals surface area contributed by atoms with Crippen molar-refractivity contribution in [1.29, 1.82) is 0 Å². The van der Waals surface area contributed by atoms with E-state index in [0.717, 1.165) is 35.3 Å². The third-order valence-corrected chi connectivity index (χ3v) is 9.79. The lowest BCUT2D eigenvalue weighted by molar-refractivity contribution is -0.156. The first-order chi connectivity index (χ1) is 30.0. The summed E-state index contributed by atoms with van der Waals surface area (Å²) < 4.78 is 58.7. The van der Waals surface area contributed by atoms with E-state index >= 15 is 0 Å². The van der Waals surface area contributed by atoms with Gasteiger partial charge in [0.2, 0.25) is 6.29 Å². The van der Waals surface area contributed by atoms with Crippen LogP contribution in [0.5, 0.6) is 23.0 Å². The van der Waals surface area contributed by atoms with Crippen LogP contribution in [-0.2, 0) is 22.4 Å². The number of anilines is 2. The standard InChI is InChI=1S/C24H27N3O5.C19H19N3O3.C2HF3O/c1-24(2,3)32-23(29)25-9-10-31-21-13-18-17(12-20(21)30-4)22(28)27-16(14-26-18)11-15-7-5-6-8-19(15)27;1-24-17-9-14-15(10-18(17)25-7-6-20)21-11-13-8-12-4-2-3-5-16(12)22(13)19(14)23;3-2(4,5)1-6/h5-8,12-14,16H,9-11H2,1-4H3,(H,25,29);2-5,9-11,13H,6-8,20H2,1H3;1H/t16-;13-;/m00./s1. The molecule has 0 saturated heterocycles. The topological polar surface area (TPSA) is 184 Å². The number of para-hydroxylation sites is 2. The van der Waals surface area contributed by atoms with Crippen molar-refractivity contribution in [3.63, 3.8) is 0 Å². The van der Waals surface area contributed by atoms with Crippen LogP contribution in [-0.4, -0.2) is 101 Å². The van der Waals surface area contributed by atoms with E-state index in [1.54, 1.807) is 57.0 Å². The van der Waals surface area contributed by atoms with E-state index in [1.807, 2.05) is 59.8 Å². The lowest BCUT2D eigenvalue weighted by atomic mass is 10.1. The molecule has 4 aromatic carbocycles. The predicted octanol–water partition coefficient (Wildman–Crippen LogP) is 6.95. The zero-order valence-corrected chi connectivity index (χ0v) is 35.2. The van der Waals surface area contributed by atoms with Gasteiger partial charge in [-0.15, -0.1) is 0 Å². The summed E-state index contributed by atoms with van der Waals surface area (Å²) in [6.45, 7) is 6.63. The van der Waals surface area contributed by atoms with E-state index in [9.17, 15) is 27.6 Å². The average molecular weight is 873 g/mol. The SMILES string of the molecule is COc1cc2c(cc1OCCN)N=C[C@@H]1Cc3ccccc3N1C2=O.COc1cc2c(cc1OCCNC(=O)OC(C)(C)C)N=C[C@@H]1Cc3ccccc3N1C2=O.O=CC(F)(F)F.